The predicted molar refractivity (Wildman–Crippen MR) is 98.7 cm³/mol. The third-order valence-electron chi connectivity index (χ3n) is 3.28. The molecular formula is C16H26N6OS. The molecular weight excluding hydrogens is 324 g/mol. The van der Waals surface area contributed by atoms with Gasteiger partial charge in [-0.1, -0.05) is 20.8 Å². The summed E-state index contributed by atoms with van der Waals surface area (Å²) in [7, 11) is 5.70. The quantitative estimate of drug-likeness (QED) is 0.637. The lowest BCUT2D eigenvalue weighted by molar-refractivity contribution is 0.379. The van der Waals surface area contributed by atoms with Gasteiger partial charge >= 0.3 is 0 Å². The number of thiazole rings is 1. The summed E-state index contributed by atoms with van der Waals surface area (Å²) in [4.78, 5) is 15.0. The Kier molecular flexibility index (Phi) is 5.82. The summed E-state index contributed by atoms with van der Waals surface area (Å²) in [6.07, 6.45) is 1.78. The molecule has 2 aromatic rings. The van der Waals surface area contributed by atoms with Crippen LogP contribution in [0.25, 0.3) is 0 Å². The van der Waals surface area contributed by atoms with Gasteiger partial charge in [-0.05, 0) is 0 Å². The topological polar surface area (TPSA) is 78.6 Å². The first-order valence-corrected chi connectivity index (χ1v) is 8.69. The molecule has 8 heteroatoms. The highest BCUT2D eigenvalue weighted by Crippen LogP contribution is 2.22. The summed E-state index contributed by atoms with van der Waals surface area (Å²) in [5.41, 5.74) is 0.942. The van der Waals surface area contributed by atoms with Crippen molar-refractivity contribution >= 4 is 22.4 Å². The van der Waals surface area contributed by atoms with Crippen LogP contribution in [0.4, 0.5) is 5.13 Å². The summed E-state index contributed by atoms with van der Waals surface area (Å²) in [6.45, 7) is 7.39. The molecule has 0 bridgehead atoms. The second-order valence-corrected chi connectivity index (χ2v) is 7.50. The molecule has 0 saturated heterocycles. The van der Waals surface area contributed by atoms with Crippen molar-refractivity contribution in [1.29, 1.82) is 0 Å². The molecule has 0 spiro atoms. The van der Waals surface area contributed by atoms with Gasteiger partial charge in [-0.2, -0.15) is 0 Å². The molecule has 0 amide bonds. The predicted octanol–water partition coefficient (Wildman–Crippen LogP) is 2.36. The first-order valence-electron chi connectivity index (χ1n) is 7.81. The highest BCUT2D eigenvalue weighted by molar-refractivity contribution is 7.13. The number of aromatic nitrogens is 2. The van der Waals surface area contributed by atoms with Gasteiger partial charge in [-0.25, -0.2) is 9.97 Å². The van der Waals surface area contributed by atoms with Crippen LogP contribution in [0.3, 0.4) is 0 Å². The number of nitrogens with zero attached hydrogens (tertiary/aromatic N) is 4. The molecule has 0 saturated carbocycles. The number of rotatable bonds is 5. The Labute approximate surface area is 147 Å². The lowest BCUT2D eigenvalue weighted by atomic mass is 9.94. The van der Waals surface area contributed by atoms with Crippen LogP contribution in [-0.4, -0.2) is 37.1 Å². The van der Waals surface area contributed by atoms with Gasteiger partial charge in [0.15, 0.2) is 11.1 Å². The Hall–Kier alpha value is -2.09. The molecule has 0 radical (unpaired) electrons. The van der Waals surface area contributed by atoms with Crippen LogP contribution in [0.5, 0.6) is 0 Å². The molecule has 0 fully saturated rings. The van der Waals surface area contributed by atoms with Gasteiger partial charge in [0.1, 0.15) is 5.76 Å². The zero-order valence-corrected chi connectivity index (χ0v) is 16.0. The van der Waals surface area contributed by atoms with Crippen LogP contribution in [0, 0.1) is 0 Å². The standard InChI is InChI=1S/C16H26N6OS/c1-16(2,3)12-8-18-13(23-12)9-20-14(17-4)19-7-11-10-24-15(21-11)22(5)6/h8,10H,7,9H2,1-6H3,(H2,17,19,20). The third-order valence-corrected chi connectivity index (χ3v) is 4.34. The highest BCUT2D eigenvalue weighted by atomic mass is 32.1. The van der Waals surface area contributed by atoms with E-state index in [4.69, 9.17) is 4.42 Å². The zero-order chi connectivity index (χ0) is 17.7. The Morgan fingerprint density at radius 1 is 1.29 bits per heavy atom. The van der Waals surface area contributed by atoms with Crippen LogP contribution < -0.4 is 15.5 Å². The number of guanidine groups is 1. The molecule has 0 aliphatic rings. The lowest BCUT2D eigenvalue weighted by Crippen LogP contribution is -2.36. The summed E-state index contributed by atoms with van der Waals surface area (Å²) >= 11 is 1.62. The Balaban J connectivity index is 1.85. The van der Waals surface area contributed by atoms with Crippen LogP contribution in [0.15, 0.2) is 21.0 Å². The average molecular weight is 350 g/mol. The number of hydrogen-bond acceptors (Lipinski definition) is 6. The van der Waals surface area contributed by atoms with E-state index in [0.29, 0.717) is 24.9 Å². The van der Waals surface area contributed by atoms with Gasteiger partial charge in [0.05, 0.1) is 25.0 Å². The molecule has 0 unspecified atom stereocenters. The Morgan fingerprint density at radius 2 is 2.00 bits per heavy atom. The normalized spacial score (nSPS) is 12.3. The largest absolute Gasteiger partial charge is 0.443 e. The van der Waals surface area contributed by atoms with E-state index in [1.807, 2.05) is 24.4 Å². The van der Waals surface area contributed by atoms with Gasteiger partial charge in [-0.15, -0.1) is 11.3 Å². The van der Waals surface area contributed by atoms with E-state index < -0.39 is 0 Å². The summed E-state index contributed by atoms with van der Waals surface area (Å²) in [6, 6.07) is 0. The molecule has 7 nitrogen and oxygen atoms in total. The minimum Gasteiger partial charge on any atom is -0.443 e. The van der Waals surface area contributed by atoms with Gasteiger partial charge in [-0.3, -0.25) is 4.99 Å². The Bertz CT molecular complexity index is 683. The fraction of sp³-hybridized carbons (Fsp3) is 0.562. The maximum Gasteiger partial charge on any atom is 0.213 e. The SMILES string of the molecule is CN=C(NCc1csc(N(C)C)n1)NCc1ncc(C(C)(C)C)o1. The van der Waals surface area contributed by atoms with E-state index in [1.165, 1.54) is 0 Å². The minimum absolute atomic E-state index is 0.0417. The molecule has 2 heterocycles. The van der Waals surface area contributed by atoms with Crippen molar-refractivity contribution in [2.45, 2.75) is 39.3 Å². The van der Waals surface area contributed by atoms with Crippen molar-refractivity contribution in [3.8, 4) is 0 Å². The lowest BCUT2D eigenvalue weighted by Gasteiger charge is -2.13. The number of nitrogens with one attached hydrogen (secondary N) is 2. The fourth-order valence-corrected chi connectivity index (χ4v) is 2.63. The summed E-state index contributed by atoms with van der Waals surface area (Å²) in [5, 5.41) is 9.47. The first-order chi connectivity index (χ1) is 11.3. The second kappa shape index (κ2) is 7.65. The number of aliphatic imine (C=N–C) groups is 1. The van der Waals surface area contributed by atoms with Crippen LogP contribution >= 0.6 is 11.3 Å². The number of hydrogen-bond donors (Lipinski definition) is 2. The molecule has 24 heavy (non-hydrogen) atoms. The van der Waals surface area contributed by atoms with Crippen molar-refractivity contribution < 1.29 is 4.42 Å². The van der Waals surface area contributed by atoms with Crippen LogP contribution in [0.2, 0.25) is 0 Å². The van der Waals surface area contributed by atoms with E-state index in [0.717, 1.165) is 16.6 Å². The first kappa shape index (κ1) is 18.3. The molecule has 2 N–H and O–H groups in total. The minimum atomic E-state index is -0.0417. The van der Waals surface area contributed by atoms with E-state index in [-0.39, 0.29) is 5.41 Å². The Morgan fingerprint density at radius 3 is 2.54 bits per heavy atom. The monoisotopic (exact) mass is 350 g/mol. The molecule has 2 rings (SSSR count). The van der Waals surface area contributed by atoms with Crippen molar-refractivity contribution in [2.24, 2.45) is 4.99 Å². The number of oxazole rings is 1. The third kappa shape index (κ3) is 4.95. The van der Waals surface area contributed by atoms with E-state index >= 15 is 0 Å². The summed E-state index contributed by atoms with van der Waals surface area (Å²) < 4.78 is 5.76. The maximum atomic E-state index is 5.76. The smallest absolute Gasteiger partial charge is 0.213 e. The number of anilines is 1. The van der Waals surface area contributed by atoms with Crippen molar-refractivity contribution in [1.82, 2.24) is 20.6 Å². The fourth-order valence-electron chi connectivity index (χ4n) is 1.88. The van der Waals surface area contributed by atoms with Gasteiger partial charge in [0.25, 0.3) is 0 Å². The van der Waals surface area contributed by atoms with E-state index in [1.54, 1.807) is 24.6 Å². The van der Waals surface area contributed by atoms with Crippen molar-refractivity contribution in [3.05, 3.63) is 28.9 Å². The average Bonchev–Trinajstić information content (AvgIpc) is 3.16. The van der Waals surface area contributed by atoms with Crippen LogP contribution in [-0.2, 0) is 18.5 Å². The maximum absolute atomic E-state index is 5.76. The zero-order valence-electron chi connectivity index (χ0n) is 15.2. The molecule has 0 aliphatic heterocycles. The second-order valence-electron chi connectivity index (χ2n) is 6.66. The van der Waals surface area contributed by atoms with E-state index in [9.17, 15) is 0 Å². The van der Waals surface area contributed by atoms with E-state index in [2.05, 4.69) is 46.4 Å². The van der Waals surface area contributed by atoms with Gasteiger partial charge < -0.3 is 20.0 Å². The summed E-state index contributed by atoms with van der Waals surface area (Å²) in [5.74, 6) is 2.21. The van der Waals surface area contributed by atoms with Gasteiger partial charge in [0, 0.05) is 31.9 Å². The van der Waals surface area contributed by atoms with Crippen LogP contribution in [0.1, 0.15) is 38.1 Å². The molecule has 132 valence electrons. The molecule has 0 atom stereocenters. The highest BCUT2D eigenvalue weighted by Gasteiger charge is 2.19. The molecule has 0 aromatic carbocycles. The molecule has 0 aliphatic carbocycles. The molecule has 2 aromatic heterocycles. The van der Waals surface area contributed by atoms with Crippen molar-refractivity contribution in [3.63, 3.8) is 0 Å². The van der Waals surface area contributed by atoms with Gasteiger partial charge in [0.2, 0.25) is 5.89 Å². The van der Waals surface area contributed by atoms with Crippen molar-refractivity contribution in [2.75, 3.05) is 26.0 Å².